The van der Waals surface area contributed by atoms with Crippen LogP contribution >= 0.6 is 11.8 Å². The van der Waals surface area contributed by atoms with E-state index in [0.29, 0.717) is 0 Å². The summed E-state index contributed by atoms with van der Waals surface area (Å²) < 4.78 is 1.48. The lowest BCUT2D eigenvalue weighted by atomic mass is 10.2. The van der Waals surface area contributed by atoms with E-state index in [1.165, 1.54) is 9.58 Å². The number of thioether (sulfide) groups is 1. The minimum atomic E-state index is -0.0120. The molecule has 84 valence electrons. The maximum absolute atomic E-state index is 11.3. The molecule has 0 aliphatic heterocycles. The zero-order valence-electron chi connectivity index (χ0n) is 9.36. The van der Waals surface area contributed by atoms with E-state index >= 15 is 0 Å². The second-order valence-corrected chi connectivity index (χ2v) is 4.86. The number of hydrogen-bond acceptors (Lipinski definition) is 2. The van der Waals surface area contributed by atoms with Crippen molar-refractivity contribution < 1.29 is 0 Å². The number of aromatic amines is 1. The molecule has 0 atom stereocenters. The molecule has 0 saturated carbocycles. The Labute approximate surface area is 98.5 Å². The summed E-state index contributed by atoms with van der Waals surface area (Å²) in [6.07, 6.45) is 0. The summed E-state index contributed by atoms with van der Waals surface area (Å²) in [5, 5.41) is 3.01. The monoisotopic (exact) mass is 234 g/mol. The average Bonchev–Trinajstić information content (AvgIpc) is 2.61. The third-order valence-corrected chi connectivity index (χ3v) is 3.26. The van der Waals surface area contributed by atoms with E-state index in [-0.39, 0.29) is 5.56 Å². The van der Waals surface area contributed by atoms with Crippen LogP contribution in [0.25, 0.3) is 11.3 Å². The molecule has 0 spiro atoms. The summed E-state index contributed by atoms with van der Waals surface area (Å²) in [4.78, 5) is 12.6. The number of aromatic nitrogens is 2. The first-order valence-electron chi connectivity index (χ1n) is 5.20. The molecule has 1 aromatic carbocycles. The highest BCUT2D eigenvalue weighted by Gasteiger charge is 2.02. The lowest BCUT2D eigenvalue weighted by Gasteiger charge is -2.00. The van der Waals surface area contributed by atoms with Crippen LogP contribution in [0.3, 0.4) is 0 Å². The van der Waals surface area contributed by atoms with E-state index in [1.54, 1.807) is 13.1 Å². The van der Waals surface area contributed by atoms with Crippen molar-refractivity contribution >= 4 is 11.8 Å². The van der Waals surface area contributed by atoms with Crippen LogP contribution in [0.5, 0.6) is 0 Å². The van der Waals surface area contributed by atoms with Crippen molar-refractivity contribution in [1.82, 2.24) is 9.78 Å². The van der Waals surface area contributed by atoms with E-state index in [0.717, 1.165) is 17.0 Å². The zero-order valence-corrected chi connectivity index (χ0v) is 10.2. The summed E-state index contributed by atoms with van der Waals surface area (Å²) in [6, 6.07) is 9.83. The SMILES string of the molecule is CCSc1ccc(-c2cc(=O)n(C)[nH]2)cc1. The molecule has 2 rings (SSSR count). The summed E-state index contributed by atoms with van der Waals surface area (Å²) in [7, 11) is 1.72. The van der Waals surface area contributed by atoms with Gasteiger partial charge in [-0.05, 0) is 23.4 Å². The maximum atomic E-state index is 11.3. The van der Waals surface area contributed by atoms with Gasteiger partial charge in [0, 0.05) is 18.0 Å². The molecule has 0 aliphatic carbocycles. The van der Waals surface area contributed by atoms with Crippen molar-refractivity contribution in [3.8, 4) is 11.3 Å². The number of benzene rings is 1. The smallest absolute Gasteiger partial charge is 0.266 e. The fourth-order valence-corrected chi connectivity index (χ4v) is 2.20. The standard InChI is InChI=1S/C12H14N2OS/c1-3-16-10-6-4-9(5-7-10)11-8-12(15)14(2)13-11/h4-8,13H,3H2,1-2H3. The normalized spacial score (nSPS) is 10.6. The van der Waals surface area contributed by atoms with Crippen molar-refractivity contribution in [3.63, 3.8) is 0 Å². The molecule has 0 unspecified atom stereocenters. The van der Waals surface area contributed by atoms with Gasteiger partial charge in [-0.1, -0.05) is 19.1 Å². The van der Waals surface area contributed by atoms with Gasteiger partial charge < -0.3 is 0 Å². The van der Waals surface area contributed by atoms with Gasteiger partial charge in [-0.15, -0.1) is 11.8 Å². The van der Waals surface area contributed by atoms with E-state index in [2.05, 4.69) is 24.2 Å². The Morgan fingerprint density at radius 2 is 2.00 bits per heavy atom. The van der Waals surface area contributed by atoms with Crippen molar-refractivity contribution in [1.29, 1.82) is 0 Å². The van der Waals surface area contributed by atoms with Gasteiger partial charge in [-0.2, -0.15) is 0 Å². The fourth-order valence-electron chi connectivity index (χ4n) is 1.53. The van der Waals surface area contributed by atoms with Gasteiger partial charge in [-0.25, -0.2) is 0 Å². The molecule has 4 heteroatoms. The third kappa shape index (κ3) is 2.22. The average molecular weight is 234 g/mol. The molecular weight excluding hydrogens is 220 g/mol. The summed E-state index contributed by atoms with van der Waals surface area (Å²) in [5.41, 5.74) is 1.89. The fraction of sp³-hybridized carbons (Fsp3) is 0.250. The van der Waals surface area contributed by atoms with E-state index in [1.807, 2.05) is 23.9 Å². The largest absolute Gasteiger partial charge is 0.295 e. The summed E-state index contributed by atoms with van der Waals surface area (Å²) in [6.45, 7) is 2.13. The van der Waals surface area contributed by atoms with Gasteiger partial charge in [-0.3, -0.25) is 14.6 Å². The first kappa shape index (κ1) is 11.1. The third-order valence-electron chi connectivity index (χ3n) is 2.36. The van der Waals surface area contributed by atoms with E-state index in [4.69, 9.17) is 0 Å². The molecule has 0 saturated heterocycles. The number of H-pyrrole nitrogens is 1. The number of nitrogens with one attached hydrogen (secondary N) is 1. The number of nitrogens with zero attached hydrogens (tertiary/aromatic N) is 1. The molecule has 3 nitrogen and oxygen atoms in total. The number of aryl methyl sites for hydroxylation is 1. The molecule has 0 bridgehead atoms. The maximum Gasteiger partial charge on any atom is 0.266 e. The van der Waals surface area contributed by atoms with Crippen LogP contribution in [-0.2, 0) is 7.05 Å². The van der Waals surface area contributed by atoms with Crippen LogP contribution in [0.1, 0.15) is 6.92 Å². The molecular formula is C12H14N2OS. The molecule has 16 heavy (non-hydrogen) atoms. The molecule has 1 heterocycles. The Kier molecular flexibility index (Phi) is 3.19. The second-order valence-electron chi connectivity index (χ2n) is 3.52. The van der Waals surface area contributed by atoms with Gasteiger partial charge in [0.1, 0.15) is 0 Å². The highest BCUT2D eigenvalue weighted by Crippen LogP contribution is 2.22. The summed E-state index contributed by atoms with van der Waals surface area (Å²) >= 11 is 1.81. The van der Waals surface area contributed by atoms with Crippen LogP contribution in [0.2, 0.25) is 0 Å². The number of hydrogen-bond donors (Lipinski definition) is 1. The lowest BCUT2D eigenvalue weighted by molar-refractivity contribution is 0.742. The quantitative estimate of drug-likeness (QED) is 0.829. The van der Waals surface area contributed by atoms with Crippen LogP contribution < -0.4 is 5.56 Å². The predicted octanol–water partition coefficient (Wildman–Crippen LogP) is 2.49. The van der Waals surface area contributed by atoms with Gasteiger partial charge in [0.25, 0.3) is 5.56 Å². The number of rotatable bonds is 3. The minimum absolute atomic E-state index is 0.0120. The van der Waals surface area contributed by atoms with Crippen LogP contribution in [0, 0.1) is 0 Å². The summed E-state index contributed by atoms with van der Waals surface area (Å²) in [5.74, 6) is 1.07. The van der Waals surface area contributed by atoms with Gasteiger partial charge in [0.2, 0.25) is 0 Å². The van der Waals surface area contributed by atoms with Crippen molar-refractivity contribution in [2.45, 2.75) is 11.8 Å². The zero-order chi connectivity index (χ0) is 11.5. The first-order chi connectivity index (χ1) is 7.70. The van der Waals surface area contributed by atoms with Crippen molar-refractivity contribution in [2.24, 2.45) is 7.05 Å². The Morgan fingerprint density at radius 3 is 2.50 bits per heavy atom. The van der Waals surface area contributed by atoms with Crippen molar-refractivity contribution in [3.05, 3.63) is 40.7 Å². The Morgan fingerprint density at radius 1 is 1.31 bits per heavy atom. The van der Waals surface area contributed by atoms with Crippen molar-refractivity contribution in [2.75, 3.05) is 5.75 Å². The molecule has 2 aromatic rings. The van der Waals surface area contributed by atoms with E-state index in [9.17, 15) is 4.79 Å². The van der Waals surface area contributed by atoms with Crippen LogP contribution in [0.15, 0.2) is 40.0 Å². The van der Waals surface area contributed by atoms with Crippen LogP contribution in [-0.4, -0.2) is 15.5 Å². The molecule has 1 N–H and O–H groups in total. The predicted molar refractivity (Wildman–Crippen MR) is 67.9 cm³/mol. The van der Waals surface area contributed by atoms with Gasteiger partial charge in [0.15, 0.2) is 0 Å². The minimum Gasteiger partial charge on any atom is -0.295 e. The highest BCUT2D eigenvalue weighted by atomic mass is 32.2. The Bertz CT molecular complexity index is 525. The Balaban J connectivity index is 2.31. The highest BCUT2D eigenvalue weighted by molar-refractivity contribution is 7.99. The molecule has 0 radical (unpaired) electrons. The van der Waals surface area contributed by atoms with E-state index < -0.39 is 0 Å². The first-order valence-corrected chi connectivity index (χ1v) is 6.18. The molecule has 0 aliphatic rings. The van der Waals surface area contributed by atoms with Crippen LogP contribution in [0.4, 0.5) is 0 Å². The molecule has 0 amide bonds. The lowest BCUT2D eigenvalue weighted by Crippen LogP contribution is -2.09. The molecule has 1 aromatic heterocycles. The topological polar surface area (TPSA) is 37.8 Å². The van der Waals surface area contributed by atoms with Gasteiger partial charge in [0.05, 0.1) is 5.69 Å². The molecule has 0 fully saturated rings. The Hall–Kier alpha value is -1.42. The second kappa shape index (κ2) is 4.61. The van der Waals surface area contributed by atoms with Gasteiger partial charge >= 0.3 is 0 Å².